The van der Waals surface area contributed by atoms with Gasteiger partial charge in [0.1, 0.15) is 18.4 Å². The van der Waals surface area contributed by atoms with Gasteiger partial charge in [-0.05, 0) is 56.0 Å². The molecule has 33 heavy (non-hydrogen) atoms. The molecule has 8 heteroatoms. The fraction of sp³-hybridized carbons (Fsp3) is 0.240. The highest BCUT2D eigenvalue weighted by Crippen LogP contribution is 2.33. The number of hydrogen-bond donors (Lipinski definition) is 0. The topological polar surface area (TPSA) is 69.9 Å². The zero-order valence-electron chi connectivity index (χ0n) is 18.6. The third-order valence-electron chi connectivity index (χ3n) is 4.94. The normalized spacial score (nSPS) is 15.9. The Morgan fingerprint density at radius 3 is 2.67 bits per heavy atom. The number of carbonyl (C=O) groups excluding carboxylic acids is 1. The van der Waals surface area contributed by atoms with Gasteiger partial charge in [0.05, 0.1) is 21.9 Å². The first-order valence-electron chi connectivity index (χ1n) is 10.5. The first-order chi connectivity index (χ1) is 15.9. The molecular formula is C25H24N2O4S2. The average molecular weight is 481 g/mol. The summed E-state index contributed by atoms with van der Waals surface area (Å²) in [7, 11) is 0. The van der Waals surface area contributed by atoms with E-state index in [1.54, 1.807) is 31.4 Å². The Bertz CT molecular complexity index is 1380. The highest BCUT2D eigenvalue weighted by atomic mass is 32.1. The molecule has 6 nitrogen and oxygen atoms in total. The lowest BCUT2D eigenvalue weighted by Gasteiger charge is -2.24. The fourth-order valence-corrected chi connectivity index (χ4v) is 5.41. The van der Waals surface area contributed by atoms with Crippen molar-refractivity contribution >= 4 is 34.7 Å². The Hall–Kier alpha value is -3.23. The Kier molecular flexibility index (Phi) is 6.76. The van der Waals surface area contributed by atoms with Gasteiger partial charge in [0.15, 0.2) is 4.80 Å². The summed E-state index contributed by atoms with van der Waals surface area (Å²) in [5.74, 6) is 0.282. The van der Waals surface area contributed by atoms with Crippen molar-refractivity contribution in [1.82, 2.24) is 4.57 Å². The molecule has 170 valence electrons. The molecule has 1 unspecified atom stereocenters. The van der Waals surface area contributed by atoms with Crippen LogP contribution in [0.4, 0.5) is 0 Å². The molecule has 0 aliphatic carbocycles. The summed E-state index contributed by atoms with van der Waals surface area (Å²) in [6, 6.07) is 10.8. The molecule has 1 aliphatic heterocycles. The molecular weight excluding hydrogens is 456 g/mol. The lowest BCUT2D eigenvalue weighted by Crippen LogP contribution is -2.39. The van der Waals surface area contributed by atoms with Gasteiger partial charge in [-0.15, -0.1) is 11.3 Å². The second-order valence-corrected chi connectivity index (χ2v) is 9.71. The summed E-state index contributed by atoms with van der Waals surface area (Å²) >= 11 is 2.80. The van der Waals surface area contributed by atoms with E-state index in [0.29, 0.717) is 27.2 Å². The Morgan fingerprint density at radius 2 is 2.03 bits per heavy atom. The zero-order chi connectivity index (χ0) is 23.5. The van der Waals surface area contributed by atoms with Crippen LogP contribution in [-0.4, -0.2) is 23.2 Å². The Morgan fingerprint density at radius 1 is 1.27 bits per heavy atom. The van der Waals surface area contributed by atoms with Gasteiger partial charge in [0.2, 0.25) is 0 Å². The maximum atomic E-state index is 13.5. The molecule has 0 N–H and O–H groups in total. The Labute approximate surface area is 199 Å². The summed E-state index contributed by atoms with van der Waals surface area (Å²) in [5.41, 5.74) is 1.64. The fourth-order valence-electron chi connectivity index (χ4n) is 3.54. The maximum Gasteiger partial charge on any atom is 0.338 e. The smallest absolute Gasteiger partial charge is 0.338 e. The average Bonchev–Trinajstić information content (AvgIpc) is 3.40. The molecule has 3 heterocycles. The van der Waals surface area contributed by atoms with E-state index in [1.165, 1.54) is 22.7 Å². The molecule has 0 amide bonds. The van der Waals surface area contributed by atoms with Crippen LogP contribution in [0.15, 0.2) is 75.5 Å². The van der Waals surface area contributed by atoms with Crippen LogP contribution in [0.3, 0.4) is 0 Å². The van der Waals surface area contributed by atoms with Gasteiger partial charge in [-0.3, -0.25) is 9.36 Å². The first-order valence-corrected chi connectivity index (χ1v) is 12.2. The second-order valence-electron chi connectivity index (χ2n) is 7.72. The van der Waals surface area contributed by atoms with Gasteiger partial charge in [0.25, 0.3) is 5.56 Å². The lowest BCUT2D eigenvalue weighted by atomic mass is 10.0. The number of thiazole rings is 1. The first kappa shape index (κ1) is 22.9. The van der Waals surface area contributed by atoms with Crippen LogP contribution >= 0.6 is 22.7 Å². The van der Waals surface area contributed by atoms with Crippen molar-refractivity contribution in [3.05, 3.63) is 95.8 Å². The molecule has 0 spiro atoms. The third kappa shape index (κ3) is 4.77. The number of thiophene rings is 1. The van der Waals surface area contributed by atoms with Crippen molar-refractivity contribution in [3.8, 4) is 5.75 Å². The highest BCUT2D eigenvalue weighted by Gasteiger charge is 2.34. The number of ether oxygens (including phenoxy) is 2. The molecule has 3 aromatic rings. The van der Waals surface area contributed by atoms with Crippen LogP contribution in [0.1, 0.15) is 37.3 Å². The van der Waals surface area contributed by atoms with Gasteiger partial charge in [-0.1, -0.05) is 42.2 Å². The molecule has 0 saturated heterocycles. The molecule has 0 saturated carbocycles. The van der Waals surface area contributed by atoms with Gasteiger partial charge in [0, 0.05) is 4.88 Å². The van der Waals surface area contributed by atoms with E-state index >= 15 is 0 Å². The van der Waals surface area contributed by atoms with E-state index in [2.05, 4.69) is 11.6 Å². The number of nitrogens with zero attached hydrogens (tertiary/aromatic N) is 2. The summed E-state index contributed by atoms with van der Waals surface area (Å²) in [6.07, 6.45) is 3.24. The van der Waals surface area contributed by atoms with E-state index in [9.17, 15) is 9.59 Å². The molecule has 0 bridgehead atoms. The minimum Gasteiger partial charge on any atom is -0.490 e. The van der Waals surface area contributed by atoms with Crippen molar-refractivity contribution in [2.75, 3.05) is 6.61 Å². The van der Waals surface area contributed by atoms with Gasteiger partial charge in [-0.25, -0.2) is 9.79 Å². The number of benzene rings is 1. The van der Waals surface area contributed by atoms with Crippen molar-refractivity contribution in [1.29, 1.82) is 0 Å². The quantitative estimate of drug-likeness (QED) is 0.381. The minimum absolute atomic E-state index is 0.188. The SMILES string of the molecule is C=CCOc1ccc(C=c2sc3n(c2=O)C(c2cccs2)C(C(=O)OC(C)C)=C(C)N=3)cc1. The van der Waals surface area contributed by atoms with Gasteiger partial charge >= 0.3 is 5.97 Å². The van der Waals surface area contributed by atoms with Gasteiger partial charge in [-0.2, -0.15) is 0 Å². The highest BCUT2D eigenvalue weighted by molar-refractivity contribution is 7.10. The predicted octanol–water partition coefficient (Wildman–Crippen LogP) is 3.81. The minimum atomic E-state index is -0.565. The van der Waals surface area contributed by atoms with E-state index in [4.69, 9.17) is 9.47 Å². The van der Waals surface area contributed by atoms with Crippen molar-refractivity contribution in [2.45, 2.75) is 32.9 Å². The summed E-state index contributed by atoms with van der Waals surface area (Å²) in [6.45, 7) is 9.47. The molecule has 2 aromatic heterocycles. The number of aromatic nitrogens is 1. The summed E-state index contributed by atoms with van der Waals surface area (Å²) < 4.78 is 13.2. The standard InChI is InChI=1S/C25H24N2O4S2/c1-5-12-30-18-10-8-17(9-11-18)14-20-23(28)27-22(19-7-6-13-32-19)21(24(29)31-15(2)3)16(4)26-25(27)33-20/h5-11,13-15,22H,1,12H2,2-4H3. The van der Waals surface area contributed by atoms with Crippen molar-refractivity contribution in [2.24, 2.45) is 4.99 Å². The van der Waals surface area contributed by atoms with Crippen LogP contribution in [0, 0.1) is 0 Å². The van der Waals surface area contributed by atoms with E-state index in [1.807, 2.05) is 47.9 Å². The lowest BCUT2D eigenvalue weighted by molar-refractivity contribution is -0.143. The van der Waals surface area contributed by atoms with Crippen molar-refractivity contribution < 1.29 is 14.3 Å². The maximum absolute atomic E-state index is 13.5. The van der Waals surface area contributed by atoms with Gasteiger partial charge < -0.3 is 9.47 Å². The van der Waals surface area contributed by atoms with Crippen LogP contribution in [0.5, 0.6) is 5.75 Å². The van der Waals surface area contributed by atoms with E-state index in [0.717, 1.165) is 16.2 Å². The van der Waals surface area contributed by atoms with Crippen LogP contribution in [-0.2, 0) is 9.53 Å². The summed E-state index contributed by atoms with van der Waals surface area (Å²) in [5, 5.41) is 1.93. The second kappa shape index (κ2) is 9.72. The van der Waals surface area contributed by atoms with E-state index in [-0.39, 0.29) is 11.7 Å². The predicted molar refractivity (Wildman–Crippen MR) is 131 cm³/mol. The molecule has 0 radical (unpaired) electrons. The van der Waals surface area contributed by atoms with Crippen LogP contribution in [0.2, 0.25) is 0 Å². The number of allylic oxidation sites excluding steroid dienone is 1. The Balaban J connectivity index is 1.81. The van der Waals surface area contributed by atoms with E-state index < -0.39 is 12.0 Å². The number of carbonyl (C=O) groups is 1. The largest absolute Gasteiger partial charge is 0.490 e. The molecule has 1 aliphatic rings. The monoisotopic (exact) mass is 480 g/mol. The van der Waals surface area contributed by atoms with Crippen molar-refractivity contribution in [3.63, 3.8) is 0 Å². The zero-order valence-corrected chi connectivity index (χ0v) is 20.2. The number of rotatable bonds is 7. The summed E-state index contributed by atoms with van der Waals surface area (Å²) in [4.78, 5) is 32.5. The molecule has 1 aromatic carbocycles. The number of esters is 1. The molecule has 1 atom stereocenters. The number of fused-ring (bicyclic) bond motifs is 1. The number of hydrogen-bond acceptors (Lipinski definition) is 7. The molecule has 0 fully saturated rings. The molecule has 4 rings (SSSR count). The third-order valence-corrected chi connectivity index (χ3v) is 6.85. The van der Waals surface area contributed by atoms with Crippen LogP contribution in [0.25, 0.3) is 6.08 Å². The van der Waals surface area contributed by atoms with Crippen LogP contribution < -0.4 is 19.6 Å².